The molecule has 130 valence electrons. The number of ether oxygens (including phenoxy) is 1. The molecule has 1 aliphatic rings. The van der Waals surface area contributed by atoms with E-state index >= 15 is 0 Å². The first-order valence-electron chi connectivity index (χ1n) is 8.09. The van der Waals surface area contributed by atoms with Gasteiger partial charge < -0.3 is 15.0 Å². The minimum absolute atomic E-state index is 0.123. The van der Waals surface area contributed by atoms with Crippen molar-refractivity contribution in [2.24, 2.45) is 0 Å². The molecular weight excluding hydrogens is 336 g/mol. The third kappa shape index (κ3) is 3.96. The van der Waals surface area contributed by atoms with Crippen LogP contribution < -0.4 is 15.0 Å². The molecule has 2 aromatic carbocycles. The number of hydrogen-bond acceptors (Lipinski definition) is 4. The number of para-hydroxylation sites is 2. The van der Waals surface area contributed by atoms with Crippen molar-refractivity contribution in [3.63, 3.8) is 0 Å². The van der Waals surface area contributed by atoms with Gasteiger partial charge in [0.05, 0.1) is 5.69 Å². The van der Waals surface area contributed by atoms with Gasteiger partial charge in [-0.3, -0.25) is 9.59 Å². The minimum Gasteiger partial charge on any atom is -0.479 e. The first-order valence-corrected chi connectivity index (χ1v) is 9.32. The highest BCUT2D eigenvalue weighted by Crippen LogP contribution is 2.33. The average molecular weight is 356 g/mol. The van der Waals surface area contributed by atoms with E-state index in [0.29, 0.717) is 18.0 Å². The average Bonchev–Trinajstić information content (AvgIpc) is 2.62. The molecule has 1 unspecified atom stereocenters. The van der Waals surface area contributed by atoms with E-state index in [-0.39, 0.29) is 18.2 Å². The summed E-state index contributed by atoms with van der Waals surface area (Å²) in [5, 5.41) is 2.88. The lowest BCUT2D eigenvalue weighted by atomic mass is 10.1. The fourth-order valence-corrected chi connectivity index (χ4v) is 3.19. The number of rotatable bonds is 5. The monoisotopic (exact) mass is 356 g/mol. The molecule has 0 bridgehead atoms. The molecule has 0 spiro atoms. The van der Waals surface area contributed by atoms with Gasteiger partial charge in [0.1, 0.15) is 5.75 Å². The van der Waals surface area contributed by atoms with E-state index in [1.807, 2.05) is 54.8 Å². The maximum Gasteiger partial charge on any atom is 0.267 e. The topological polar surface area (TPSA) is 58.6 Å². The molecule has 2 aromatic rings. The molecule has 1 aliphatic heterocycles. The van der Waals surface area contributed by atoms with Crippen LogP contribution in [0.5, 0.6) is 5.75 Å². The van der Waals surface area contributed by atoms with Crippen LogP contribution in [0.25, 0.3) is 0 Å². The Morgan fingerprint density at radius 2 is 2.04 bits per heavy atom. The zero-order valence-corrected chi connectivity index (χ0v) is 15.0. The van der Waals surface area contributed by atoms with E-state index in [1.165, 1.54) is 0 Å². The summed E-state index contributed by atoms with van der Waals surface area (Å²) in [7, 11) is 0. The van der Waals surface area contributed by atoms with E-state index in [9.17, 15) is 9.59 Å². The zero-order valence-electron chi connectivity index (χ0n) is 14.2. The molecule has 1 heterocycles. The predicted octanol–water partition coefficient (Wildman–Crippen LogP) is 3.55. The first-order chi connectivity index (χ1) is 12.1. The highest BCUT2D eigenvalue weighted by Gasteiger charge is 2.31. The molecule has 0 saturated carbocycles. The summed E-state index contributed by atoms with van der Waals surface area (Å²) < 4.78 is 5.61. The van der Waals surface area contributed by atoms with Crippen LogP contribution in [0.3, 0.4) is 0 Å². The molecule has 0 radical (unpaired) electrons. The quantitative estimate of drug-likeness (QED) is 0.833. The van der Waals surface area contributed by atoms with Gasteiger partial charge in [0, 0.05) is 23.5 Å². The molecule has 1 N–H and O–H groups in total. The van der Waals surface area contributed by atoms with Gasteiger partial charge in [-0.25, -0.2) is 0 Å². The number of benzene rings is 2. The third-order valence-corrected chi connectivity index (χ3v) is 4.71. The number of nitrogens with one attached hydrogen (secondary N) is 1. The molecule has 0 fully saturated rings. The Bertz CT molecular complexity index is 794. The Morgan fingerprint density at radius 1 is 1.24 bits per heavy atom. The van der Waals surface area contributed by atoms with Crippen LogP contribution in [-0.4, -0.2) is 30.7 Å². The second kappa shape index (κ2) is 7.61. The number of nitrogens with zero attached hydrogens (tertiary/aromatic N) is 1. The van der Waals surface area contributed by atoms with Crippen molar-refractivity contribution in [3.05, 3.63) is 48.5 Å². The van der Waals surface area contributed by atoms with Crippen LogP contribution >= 0.6 is 11.8 Å². The van der Waals surface area contributed by atoms with Crippen LogP contribution in [0.15, 0.2) is 53.4 Å². The summed E-state index contributed by atoms with van der Waals surface area (Å²) in [6, 6.07) is 15.1. The Kier molecular flexibility index (Phi) is 5.28. The van der Waals surface area contributed by atoms with E-state index in [1.54, 1.807) is 23.6 Å². The highest BCUT2D eigenvalue weighted by atomic mass is 32.2. The SMILES string of the molecule is CSc1cccc(NC(=O)CCN2C(=O)C(C)Oc3ccccc32)c1. The van der Waals surface area contributed by atoms with Gasteiger partial charge in [-0.05, 0) is 43.5 Å². The standard InChI is InChI=1S/C19H20N2O3S/c1-13-19(23)21(16-8-3-4-9-17(16)24-13)11-10-18(22)20-14-6-5-7-15(12-14)25-2/h3-9,12-13H,10-11H2,1-2H3,(H,20,22). The Labute approximate surface area is 151 Å². The second-order valence-electron chi connectivity index (χ2n) is 5.75. The lowest BCUT2D eigenvalue weighted by Gasteiger charge is -2.32. The van der Waals surface area contributed by atoms with Gasteiger partial charge in [-0.2, -0.15) is 0 Å². The number of hydrogen-bond donors (Lipinski definition) is 1. The molecule has 2 amide bonds. The molecule has 25 heavy (non-hydrogen) atoms. The van der Waals surface area contributed by atoms with Gasteiger partial charge in [-0.15, -0.1) is 11.8 Å². The first kappa shape index (κ1) is 17.4. The number of anilines is 2. The van der Waals surface area contributed by atoms with E-state index < -0.39 is 6.10 Å². The van der Waals surface area contributed by atoms with Crippen LogP contribution in [0.2, 0.25) is 0 Å². The molecule has 5 nitrogen and oxygen atoms in total. The maximum atomic E-state index is 12.4. The summed E-state index contributed by atoms with van der Waals surface area (Å²) >= 11 is 1.62. The van der Waals surface area contributed by atoms with Gasteiger partial charge in [0.25, 0.3) is 5.91 Å². The van der Waals surface area contributed by atoms with Crippen LogP contribution in [0, 0.1) is 0 Å². The maximum absolute atomic E-state index is 12.4. The number of carbonyl (C=O) groups excluding carboxylic acids is 2. The van der Waals surface area contributed by atoms with Gasteiger partial charge in [-0.1, -0.05) is 18.2 Å². The van der Waals surface area contributed by atoms with Crippen molar-refractivity contribution >= 4 is 35.0 Å². The summed E-state index contributed by atoms with van der Waals surface area (Å²) in [5.74, 6) is 0.418. The normalized spacial score (nSPS) is 16.2. The fourth-order valence-electron chi connectivity index (χ4n) is 2.73. The smallest absolute Gasteiger partial charge is 0.267 e. The molecule has 0 saturated heterocycles. The van der Waals surface area contributed by atoms with E-state index in [2.05, 4.69) is 5.32 Å². The second-order valence-corrected chi connectivity index (χ2v) is 6.63. The number of fused-ring (bicyclic) bond motifs is 1. The van der Waals surface area contributed by atoms with Crippen molar-refractivity contribution in [2.75, 3.05) is 23.0 Å². The van der Waals surface area contributed by atoms with Crippen molar-refractivity contribution in [1.82, 2.24) is 0 Å². The number of amides is 2. The number of thioether (sulfide) groups is 1. The molecular formula is C19H20N2O3S. The third-order valence-electron chi connectivity index (χ3n) is 3.99. The highest BCUT2D eigenvalue weighted by molar-refractivity contribution is 7.98. The zero-order chi connectivity index (χ0) is 17.8. The predicted molar refractivity (Wildman–Crippen MR) is 100 cm³/mol. The molecule has 1 atom stereocenters. The van der Waals surface area contributed by atoms with Crippen molar-refractivity contribution in [3.8, 4) is 5.75 Å². The molecule has 3 rings (SSSR count). The Morgan fingerprint density at radius 3 is 2.84 bits per heavy atom. The minimum atomic E-state index is -0.545. The van der Waals surface area contributed by atoms with Gasteiger partial charge in [0.15, 0.2) is 6.10 Å². The van der Waals surface area contributed by atoms with Crippen LogP contribution in [-0.2, 0) is 9.59 Å². The number of carbonyl (C=O) groups is 2. The van der Waals surface area contributed by atoms with Crippen LogP contribution in [0.1, 0.15) is 13.3 Å². The molecule has 0 aromatic heterocycles. The summed E-state index contributed by atoms with van der Waals surface area (Å²) in [6.07, 6.45) is 1.66. The van der Waals surface area contributed by atoms with E-state index in [0.717, 1.165) is 10.6 Å². The van der Waals surface area contributed by atoms with Crippen LogP contribution in [0.4, 0.5) is 11.4 Å². The van der Waals surface area contributed by atoms with Crippen molar-refractivity contribution in [1.29, 1.82) is 0 Å². The molecule has 6 heteroatoms. The van der Waals surface area contributed by atoms with Crippen molar-refractivity contribution < 1.29 is 14.3 Å². The lowest BCUT2D eigenvalue weighted by Crippen LogP contribution is -2.45. The van der Waals surface area contributed by atoms with E-state index in [4.69, 9.17) is 4.74 Å². The summed E-state index contributed by atoms with van der Waals surface area (Å²) in [4.78, 5) is 27.4. The Balaban J connectivity index is 1.66. The molecule has 0 aliphatic carbocycles. The van der Waals surface area contributed by atoms with Crippen molar-refractivity contribution in [2.45, 2.75) is 24.3 Å². The van der Waals surface area contributed by atoms with Gasteiger partial charge >= 0.3 is 0 Å². The fraction of sp³-hybridized carbons (Fsp3) is 0.263. The summed E-state index contributed by atoms with van der Waals surface area (Å²) in [6.45, 7) is 2.04. The Hall–Kier alpha value is -2.47. The largest absolute Gasteiger partial charge is 0.479 e. The lowest BCUT2D eigenvalue weighted by molar-refractivity contribution is -0.125. The summed E-state index contributed by atoms with van der Waals surface area (Å²) in [5.41, 5.74) is 1.47. The van der Waals surface area contributed by atoms with Gasteiger partial charge in [0.2, 0.25) is 5.91 Å².